The highest BCUT2D eigenvalue weighted by Gasteiger charge is 2.21. The van der Waals surface area contributed by atoms with Gasteiger partial charge in [-0.25, -0.2) is 0 Å². The number of piperidine rings is 1. The Hall–Kier alpha value is -1.36. The molecule has 1 aliphatic rings. The Balaban J connectivity index is 1.99. The third kappa shape index (κ3) is 2.90. The van der Waals surface area contributed by atoms with E-state index in [0.717, 1.165) is 31.6 Å². The van der Waals surface area contributed by atoms with Crippen molar-refractivity contribution in [3.63, 3.8) is 0 Å². The van der Waals surface area contributed by atoms with Crippen molar-refractivity contribution in [1.29, 1.82) is 0 Å². The fourth-order valence-corrected chi connectivity index (χ4v) is 2.35. The van der Waals surface area contributed by atoms with Gasteiger partial charge >= 0.3 is 0 Å². The van der Waals surface area contributed by atoms with Crippen LogP contribution in [0.1, 0.15) is 42.9 Å². The lowest BCUT2D eigenvalue weighted by Crippen LogP contribution is -2.48. The number of rotatable bonds is 3. The summed E-state index contributed by atoms with van der Waals surface area (Å²) in [5, 5.41) is 10.8. The lowest BCUT2D eigenvalue weighted by Gasteiger charge is -2.28. The first kappa shape index (κ1) is 13.1. The highest BCUT2D eigenvalue weighted by Crippen LogP contribution is 2.09. The van der Waals surface area contributed by atoms with Crippen molar-refractivity contribution in [1.82, 2.24) is 20.4 Å². The Morgan fingerprint density at radius 2 is 2.39 bits per heavy atom. The Bertz CT molecular complexity index is 419. The van der Waals surface area contributed by atoms with E-state index in [1.165, 1.54) is 0 Å². The maximum atomic E-state index is 12.2. The molecule has 2 unspecified atom stereocenters. The zero-order valence-corrected chi connectivity index (χ0v) is 11.4. The van der Waals surface area contributed by atoms with Crippen LogP contribution < -0.4 is 10.6 Å². The van der Waals surface area contributed by atoms with Gasteiger partial charge in [-0.3, -0.25) is 9.48 Å². The third-order valence-corrected chi connectivity index (χ3v) is 3.43. The lowest BCUT2D eigenvalue weighted by molar-refractivity contribution is 0.0917. The number of nitrogens with zero attached hydrogens (tertiary/aromatic N) is 2. The van der Waals surface area contributed by atoms with Gasteiger partial charge in [0.1, 0.15) is 5.69 Å². The summed E-state index contributed by atoms with van der Waals surface area (Å²) in [7, 11) is 0. The SMILES string of the molecule is CCn1nc(C)cc1C(=O)NC1CCC(C)NC1. The van der Waals surface area contributed by atoms with Crippen LogP contribution in [0.5, 0.6) is 0 Å². The molecule has 1 aliphatic heterocycles. The zero-order valence-electron chi connectivity index (χ0n) is 11.4. The standard InChI is InChI=1S/C13H22N4O/c1-4-17-12(7-10(3)16-17)13(18)15-11-6-5-9(2)14-8-11/h7,9,11,14H,4-6,8H2,1-3H3,(H,15,18). The number of aryl methyl sites for hydroxylation is 2. The predicted octanol–water partition coefficient (Wildman–Crippen LogP) is 1.08. The number of aromatic nitrogens is 2. The molecular weight excluding hydrogens is 228 g/mol. The van der Waals surface area contributed by atoms with Crippen molar-refractivity contribution < 1.29 is 4.79 Å². The van der Waals surface area contributed by atoms with Gasteiger partial charge in [-0.2, -0.15) is 5.10 Å². The summed E-state index contributed by atoms with van der Waals surface area (Å²) >= 11 is 0. The molecule has 5 nitrogen and oxygen atoms in total. The molecule has 0 saturated carbocycles. The van der Waals surface area contributed by atoms with Gasteiger partial charge in [-0.15, -0.1) is 0 Å². The predicted molar refractivity (Wildman–Crippen MR) is 70.6 cm³/mol. The first-order valence-corrected chi connectivity index (χ1v) is 6.69. The quantitative estimate of drug-likeness (QED) is 0.844. The van der Waals surface area contributed by atoms with E-state index in [2.05, 4.69) is 22.7 Å². The molecule has 18 heavy (non-hydrogen) atoms. The molecule has 2 N–H and O–H groups in total. The Kier molecular flexibility index (Phi) is 4.01. The van der Waals surface area contributed by atoms with Crippen molar-refractivity contribution in [2.75, 3.05) is 6.54 Å². The first-order chi connectivity index (χ1) is 8.60. The Morgan fingerprint density at radius 3 is 3.00 bits per heavy atom. The Morgan fingerprint density at radius 1 is 1.61 bits per heavy atom. The molecular formula is C13H22N4O. The number of carbonyl (C=O) groups excluding carboxylic acids is 1. The molecule has 0 bridgehead atoms. The van der Waals surface area contributed by atoms with E-state index in [9.17, 15) is 4.79 Å². The summed E-state index contributed by atoms with van der Waals surface area (Å²) < 4.78 is 1.75. The maximum Gasteiger partial charge on any atom is 0.269 e. The number of amides is 1. The molecule has 1 saturated heterocycles. The molecule has 0 radical (unpaired) electrons. The van der Waals surface area contributed by atoms with Gasteiger partial charge in [-0.05, 0) is 39.7 Å². The van der Waals surface area contributed by atoms with Crippen LogP contribution in [-0.4, -0.2) is 34.3 Å². The minimum absolute atomic E-state index is 0.0150. The fourth-order valence-electron chi connectivity index (χ4n) is 2.35. The highest BCUT2D eigenvalue weighted by molar-refractivity contribution is 5.92. The molecule has 1 aromatic heterocycles. The maximum absolute atomic E-state index is 12.2. The van der Waals surface area contributed by atoms with E-state index in [0.29, 0.717) is 11.7 Å². The van der Waals surface area contributed by atoms with Crippen LogP contribution in [0.25, 0.3) is 0 Å². The topological polar surface area (TPSA) is 59.0 Å². The van der Waals surface area contributed by atoms with Crippen LogP contribution in [-0.2, 0) is 6.54 Å². The van der Waals surface area contributed by atoms with Crippen molar-refractivity contribution in [3.8, 4) is 0 Å². The van der Waals surface area contributed by atoms with Gasteiger partial charge in [0, 0.05) is 25.2 Å². The van der Waals surface area contributed by atoms with Crippen LogP contribution in [0, 0.1) is 6.92 Å². The van der Waals surface area contributed by atoms with E-state index in [1.807, 2.05) is 19.9 Å². The van der Waals surface area contributed by atoms with Gasteiger partial charge < -0.3 is 10.6 Å². The fraction of sp³-hybridized carbons (Fsp3) is 0.692. The molecule has 0 aromatic carbocycles. The van der Waals surface area contributed by atoms with Crippen LogP contribution in [0.2, 0.25) is 0 Å². The molecule has 2 heterocycles. The minimum atomic E-state index is -0.0150. The second kappa shape index (κ2) is 5.52. The van der Waals surface area contributed by atoms with Crippen molar-refractivity contribution >= 4 is 5.91 Å². The largest absolute Gasteiger partial charge is 0.347 e. The lowest BCUT2D eigenvalue weighted by atomic mass is 10.0. The van der Waals surface area contributed by atoms with E-state index in [-0.39, 0.29) is 11.9 Å². The highest BCUT2D eigenvalue weighted by atomic mass is 16.2. The summed E-state index contributed by atoms with van der Waals surface area (Å²) in [6.07, 6.45) is 2.15. The summed E-state index contributed by atoms with van der Waals surface area (Å²) in [6.45, 7) is 7.65. The zero-order chi connectivity index (χ0) is 13.1. The summed E-state index contributed by atoms with van der Waals surface area (Å²) in [5.74, 6) is -0.0150. The molecule has 0 spiro atoms. The number of hydrogen-bond acceptors (Lipinski definition) is 3. The van der Waals surface area contributed by atoms with Gasteiger partial charge in [0.25, 0.3) is 5.91 Å². The second-order valence-corrected chi connectivity index (χ2v) is 5.04. The summed E-state index contributed by atoms with van der Waals surface area (Å²) in [5.41, 5.74) is 1.55. The average molecular weight is 250 g/mol. The Labute approximate surface area is 108 Å². The van der Waals surface area contributed by atoms with E-state index in [4.69, 9.17) is 0 Å². The van der Waals surface area contributed by atoms with Gasteiger partial charge in [0.05, 0.1) is 5.69 Å². The van der Waals surface area contributed by atoms with Gasteiger partial charge in [0.15, 0.2) is 0 Å². The molecule has 100 valence electrons. The van der Waals surface area contributed by atoms with Crippen LogP contribution in [0.4, 0.5) is 0 Å². The third-order valence-electron chi connectivity index (χ3n) is 3.43. The molecule has 1 aromatic rings. The van der Waals surface area contributed by atoms with Crippen LogP contribution >= 0.6 is 0 Å². The van der Waals surface area contributed by atoms with Crippen molar-refractivity contribution in [2.45, 2.75) is 52.2 Å². The minimum Gasteiger partial charge on any atom is -0.347 e. The van der Waals surface area contributed by atoms with E-state index in [1.54, 1.807) is 4.68 Å². The molecule has 0 aliphatic carbocycles. The molecule has 2 atom stereocenters. The van der Waals surface area contributed by atoms with Crippen LogP contribution in [0.15, 0.2) is 6.07 Å². The average Bonchev–Trinajstić information content (AvgIpc) is 2.73. The monoisotopic (exact) mass is 250 g/mol. The van der Waals surface area contributed by atoms with Crippen LogP contribution in [0.3, 0.4) is 0 Å². The molecule has 2 rings (SSSR count). The molecule has 5 heteroatoms. The molecule has 1 amide bonds. The number of nitrogens with one attached hydrogen (secondary N) is 2. The van der Waals surface area contributed by atoms with Gasteiger partial charge in [-0.1, -0.05) is 0 Å². The second-order valence-electron chi connectivity index (χ2n) is 5.04. The number of hydrogen-bond donors (Lipinski definition) is 2. The molecule has 1 fully saturated rings. The first-order valence-electron chi connectivity index (χ1n) is 6.69. The summed E-state index contributed by atoms with van der Waals surface area (Å²) in [4.78, 5) is 12.2. The van der Waals surface area contributed by atoms with E-state index >= 15 is 0 Å². The normalized spacial score (nSPS) is 23.9. The number of carbonyl (C=O) groups is 1. The summed E-state index contributed by atoms with van der Waals surface area (Å²) in [6, 6.07) is 2.63. The van der Waals surface area contributed by atoms with Gasteiger partial charge in [0.2, 0.25) is 0 Å². The smallest absolute Gasteiger partial charge is 0.269 e. The van der Waals surface area contributed by atoms with Crippen molar-refractivity contribution in [3.05, 3.63) is 17.5 Å². The van der Waals surface area contributed by atoms with Crippen molar-refractivity contribution in [2.24, 2.45) is 0 Å². The van der Waals surface area contributed by atoms with E-state index < -0.39 is 0 Å².